The van der Waals surface area contributed by atoms with Gasteiger partial charge in [0.1, 0.15) is 0 Å². The molecule has 1 atom stereocenters. The third kappa shape index (κ3) is 3.53. The van der Waals surface area contributed by atoms with Crippen LogP contribution in [0.1, 0.15) is 51.0 Å². The number of halogens is 2. The number of Topliss-reactive ketones (excluding diaryl/α,β-unsaturated/α-hetero) is 1. The van der Waals surface area contributed by atoms with Crippen molar-refractivity contribution in [3.8, 4) is 0 Å². The van der Waals surface area contributed by atoms with Gasteiger partial charge in [0.15, 0.2) is 5.78 Å². The lowest BCUT2D eigenvalue weighted by atomic mass is 9.75. The number of rotatable bonds is 4. The Kier molecular flexibility index (Phi) is 5.73. The smallest absolute Gasteiger partial charge is 0.336 e. The molecule has 1 aromatic carbocycles. The zero-order valence-electron chi connectivity index (χ0n) is 14.8. The minimum absolute atomic E-state index is 0.0584. The minimum atomic E-state index is -0.488. The number of ketones is 1. The van der Waals surface area contributed by atoms with Gasteiger partial charge in [-0.1, -0.05) is 36.2 Å². The van der Waals surface area contributed by atoms with Crippen molar-refractivity contribution in [3.63, 3.8) is 0 Å². The summed E-state index contributed by atoms with van der Waals surface area (Å²) in [6.07, 6.45) is 2.81. The van der Waals surface area contributed by atoms with Gasteiger partial charge in [-0.05, 0) is 43.9 Å². The van der Waals surface area contributed by atoms with Gasteiger partial charge in [-0.2, -0.15) is 0 Å². The van der Waals surface area contributed by atoms with Gasteiger partial charge in [-0.25, -0.2) is 4.79 Å². The monoisotopic (exact) mass is 393 g/mol. The van der Waals surface area contributed by atoms with Gasteiger partial charge in [-0.15, -0.1) is 0 Å². The van der Waals surface area contributed by atoms with Crippen LogP contribution in [0.4, 0.5) is 0 Å². The molecule has 1 aliphatic carbocycles. The highest BCUT2D eigenvalue weighted by Gasteiger charge is 2.39. The summed E-state index contributed by atoms with van der Waals surface area (Å²) < 4.78 is 5.39. The largest absolute Gasteiger partial charge is 0.462 e. The molecule has 1 aromatic rings. The predicted octanol–water partition coefficient (Wildman–Crippen LogP) is 4.91. The predicted molar refractivity (Wildman–Crippen MR) is 102 cm³/mol. The molecule has 2 aliphatic rings. The zero-order valence-corrected chi connectivity index (χ0v) is 16.3. The van der Waals surface area contributed by atoms with Crippen molar-refractivity contribution in [2.45, 2.75) is 45.4 Å². The summed E-state index contributed by atoms with van der Waals surface area (Å²) in [5, 5.41) is 4.09. The van der Waals surface area contributed by atoms with Crippen LogP contribution in [0.2, 0.25) is 10.0 Å². The van der Waals surface area contributed by atoms with Gasteiger partial charge >= 0.3 is 5.97 Å². The van der Waals surface area contributed by atoms with E-state index in [2.05, 4.69) is 5.32 Å². The molecule has 1 heterocycles. The fourth-order valence-electron chi connectivity index (χ4n) is 3.55. The van der Waals surface area contributed by atoms with Gasteiger partial charge < -0.3 is 10.1 Å². The average Bonchev–Trinajstić information content (AvgIpc) is 2.61. The molecule has 0 spiro atoms. The van der Waals surface area contributed by atoms with E-state index in [1.54, 1.807) is 12.1 Å². The molecule has 0 aromatic heterocycles. The molecule has 4 nitrogen and oxygen atoms in total. The Bertz CT molecular complexity index is 826. The number of dihydropyridines is 1. The molecule has 0 amide bonds. The molecule has 0 fully saturated rings. The third-order valence-electron chi connectivity index (χ3n) is 4.71. The maximum Gasteiger partial charge on any atom is 0.336 e. The molecule has 0 radical (unpaired) electrons. The normalized spacial score (nSPS) is 20.0. The summed E-state index contributed by atoms with van der Waals surface area (Å²) in [6, 6.07) is 5.24. The number of esters is 1. The zero-order chi connectivity index (χ0) is 18.8. The van der Waals surface area contributed by atoms with Crippen molar-refractivity contribution in [1.29, 1.82) is 0 Å². The van der Waals surface area contributed by atoms with Crippen LogP contribution < -0.4 is 5.32 Å². The molecular weight excluding hydrogens is 373 g/mol. The van der Waals surface area contributed by atoms with Crippen molar-refractivity contribution in [2.75, 3.05) is 6.61 Å². The van der Waals surface area contributed by atoms with Crippen LogP contribution in [0, 0.1) is 0 Å². The lowest BCUT2D eigenvalue weighted by Crippen LogP contribution is -2.34. The highest BCUT2D eigenvalue weighted by atomic mass is 35.5. The van der Waals surface area contributed by atoms with Crippen molar-refractivity contribution in [2.24, 2.45) is 0 Å². The summed E-state index contributed by atoms with van der Waals surface area (Å²) in [6.45, 7) is 4.12. The molecule has 0 unspecified atom stereocenters. The molecule has 0 bridgehead atoms. The van der Waals surface area contributed by atoms with E-state index in [-0.39, 0.29) is 5.78 Å². The summed E-state index contributed by atoms with van der Waals surface area (Å²) in [7, 11) is 0. The maximum atomic E-state index is 12.8. The highest BCUT2D eigenvalue weighted by Crippen LogP contribution is 2.43. The second-order valence-electron chi connectivity index (χ2n) is 6.58. The van der Waals surface area contributed by atoms with Crippen LogP contribution in [-0.2, 0) is 14.3 Å². The minimum Gasteiger partial charge on any atom is -0.462 e. The van der Waals surface area contributed by atoms with Crippen molar-refractivity contribution < 1.29 is 14.3 Å². The first kappa shape index (κ1) is 19.0. The molecule has 3 rings (SSSR count). The number of allylic oxidation sites excluding steroid dienone is 3. The van der Waals surface area contributed by atoms with E-state index in [0.717, 1.165) is 36.2 Å². The summed E-state index contributed by atoms with van der Waals surface area (Å²) in [5.41, 5.74) is 3.48. The van der Waals surface area contributed by atoms with Gasteiger partial charge in [0, 0.05) is 29.3 Å². The standard InChI is InChI=1S/C20H21Cl2NO3/c1-3-9-26-20(25)17-11(2)23-15-5-4-6-16(24)19(15)18(17)12-7-8-13(21)14(22)10-12/h7-8,10,18,23H,3-6,9H2,1-2H3/t18-/m1/s1. The summed E-state index contributed by atoms with van der Waals surface area (Å²) in [5.74, 6) is -0.834. The van der Waals surface area contributed by atoms with E-state index in [0.29, 0.717) is 34.2 Å². The number of carbonyl (C=O) groups is 2. The fourth-order valence-corrected chi connectivity index (χ4v) is 3.86. The molecule has 138 valence electrons. The van der Waals surface area contributed by atoms with Gasteiger partial charge in [0.2, 0.25) is 0 Å². The van der Waals surface area contributed by atoms with Crippen LogP contribution in [-0.4, -0.2) is 18.4 Å². The Morgan fingerprint density at radius 1 is 1.27 bits per heavy atom. The van der Waals surface area contributed by atoms with E-state index in [1.807, 2.05) is 19.9 Å². The molecule has 6 heteroatoms. The maximum absolute atomic E-state index is 12.8. The van der Waals surface area contributed by atoms with E-state index in [9.17, 15) is 9.59 Å². The number of carbonyl (C=O) groups excluding carboxylic acids is 2. The lowest BCUT2D eigenvalue weighted by Gasteiger charge is -2.34. The van der Waals surface area contributed by atoms with Crippen LogP contribution in [0.3, 0.4) is 0 Å². The Morgan fingerprint density at radius 2 is 2.04 bits per heavy atom. The molecule has 0 saturated carbocycles. The topological polar surface area (TPSA) is 55.4 Å². The van der Waals surface area contributed by atoms with Gasteiger partial charge in [0.05, 0.1) is 22.2 Å². The van der Waals surface area contributed by atoms with Gasteiger partial charge in [-0.3, -0.25) is 4.79 Å². The number of ether oxygens (including phenoxy) is 1. The first-order chi connectivity index (χ1) is 12.4. The lowest BCUT2D eigenvalue weighted by molar-refractivity contribution is -0.139. The molecule has 0 saturated heterocycles. The van der Waals surface area contributed by atoms with Crippen molar-refractivity contribution in [1.82, 2.24) is 5.32 Å². The average molecular weight is 394 g/mol. The van der Waals surface area contributed by atoms with E-state index in [1.165, 1.54) is 0 Å². The molecule has 26 heavy (non-hydrogen) atoms. The fraction of sp³-hybridized carbons (Fsp3) is 0.400. The van der Waals surface area contributed by atoms with E-state index in [4.69, 9.17) is 27.9 Å². The Morgan fingerprint density at radius 3 is 2.73 bits per heavy atom. The van der Waals surface area contributed by atoms with Crippen molar-refractivity contribution in [3.05, 3.63) is 56.3 Å². The first-order valence-electron chi connectivity index (χ1n) is 8.80. The number of hydrogen-bond donors (Lipinski definition) is 1. The molecular formula is C20H21Cl2NO3. The Balaban J connectivity index is 2.13. The second kappa shape index (κ2) is 7.85. The third-order valence-corrected chi connectivity index (χ3v) is 5.45. The van der Waals surface area contributed by atoms with Crippen LogP contribution in [0.15, 0.2) is 40.7 Å². The highest BCUT2D eigenvalue weighted by molar-refractivity contribution is 6.42. The Labute approximate surface area is 163 Å². The summed E-state index contributed by atoms with van der Waals surface area (Å²) in [4.78, 5) is 25.5. The SMILES string of the molecule is CCCOC(=O)C1=C(C)NC2=C(C(=O)CCC2)[C@@H]1c1ccc(Cl)c(Cl)c1. The van der Waals surface area contributed by atoms with Gasteiger partial charge in [0.25, 0.3) is 0 Å². The summed E-state index contributed by atoms with van der Waals surface area (Å²) >= 11 is 12.3. The second-order valence-corrected chi connectivity index (χ2v) is 7.39. The van der Waals surface area contributed by atoms with E-state index >= 15 is 0 Å². The molecule has 1 N–H and O–H groups in total. The Hall–Kier alpha value is -1.78. The van der Waals surface area contributed by atoms with Crippen LogP contribution in [0.25, 0.3) is 0 Å². The number of hydrogen-bond acceptors (Lipinski definition) is 4. The van der Waals surface area contributed by atoms with Crippen LogP contribution >= 0.6 is 23.2 Å². The molecule has 1 aliphatic heterocycles. The number of nitrogens with one attached hydrogen (secondary N) is 1. The first-order valence-corrected chi connectivity index (χ1v) is 9.55. The van der Waals surface area contributed by atoms with Crippen LogP contribution in [0.5, 0.6) is 0 Å². The number of benzene rings is 1. The van der Waals surface area contributed by atoms with E-state index < -0.39 is 11.9 Å². The quantitative estimate of drug-likeness (QED) is 0.737. The van der Waals surface area contributed by atoms with Crippen molar-refractivity contribution >= 4 is 35.0 Å².